The molecule has 0 saturated carbocycles. The molecule has 1 aliphatic heterocycles. The summed E-state index contributed by atoms with van der Waals surface area (Å²) in [5, 5.41) is 0. The molecule has 0 atom stereocenters. The van der Waals surface area contributed by atoms with Gasteiger partial charge in [0.25, 0.3) is 0 Å². The highest BCUT2D eigenvalue weighted by atomic mass is 79.9. The Hall–Kier alpha value is 0.140. The summed E-state index contributed by atoms with van der Waals surface area (Å²) in [6.07, 6.45) is 2.96. The van der Waals surface area contributed by atoms with Crippen molar-refractivity contribution in [2.24, 2.45) is 0 Å². The van der Waals surface area contributed by atoms with E-state index >= 15 is 0 Å². The molecule has 1 fully saturated rings. The lowest BCUT2D eigenvalue weighted by Gasteiger charge is -2.32. The summed E-state index contributed by atoms with van der Waals surface area (Å²) in [7, 11) is 0. The molecule has 0 radical (unpaired) electrons. The largest absolute Gasteiger partial charge is 0.343 e. The number of hydrogen-bond acceptors (Lipinski definition) is 2. The van der Waals surface area contributed by atoms with Gasteiger partial charge in [0.1, 0.15) is 0 Å². The van der Waals surface area contributed by atoms with Gasteiger partial charge in [-0.2, -0.15) is 0 Å². The first-order chi connectivity index (χ1) is 4.33. The average Bonchev–Trinajstić information content (AvgIpc) is 2.34. The Morgan fingerprint density at radius 2 is 2.11 bits per heavy atom. The Morgan fingerprint density at radius 1 is 1.44 bits per heavy atom. The van der Waals surface area contributed by atoms with Crippen molar-refractivity contribution in [2.45, 2.75) is 12.2 Å². The second-order valence-electron chi connectivity index (χ2n) is 2.21. The van der Waals surface area contributed by atoms with E-state index < -0.39 is 0 Å². The SMILES string of the molecule is BrC1=CCC12OCCO2. The summed E-state index contributed by atoms with van der Waals surface area (Å²) in [5.74, 6) is -0.347. The predicted molar refractivity (Wildman–Crippen MR) is 36.3 cm³/mol. The molecule has 0 amide bonds. The lowest BCUT2D eigenvalue weighted by atomic mass is 10.0. The van der Waals surface area contributed by atoms with Crippen molar-refractivity contribution in [3.63, 3.8) is 0 Å². The van der Waals surface area contributed by atoms with Gasteiger partial charge in [-0.3, -0.25) is 0 Å². The van der Waals surface area contributed by atoms with E-state index in [1.54, 1.807) is 0 Å². The zero-order valence-corrected chi connectivity index (χ0v) is 6.48. The van der Waals surface area contributed by atoms with Gasteiger partial charge in [-0.1, -0.05) is 22.0 Å². The molecular weight excluding hydrogens is 184 g/mol. The van der Waals surface area contributed by atoms with Crippen molar-refractivity contribution in [1.29, 1.82) is 0 Å². The third-order valence-corrected chi connectivity index (χ3v) is 2.60. The molecule has 3 heteroatoms. The molecule has 50 valence electrons. The van der Waals surface area contributed by atoms with Crippen LogP contribution in [0.5, 0.6) is 0 Å². The van der Waals surface area contributed by atoms with Crippen LogP contribution in [-0.2, 0) is 9.47 Å². The molecule has 0 aromatic carbocycles. The number of rotatable bonds is 0. The Kier molecular flexibility index (Phi) is 1.18. The number of halogens is 1. The molecule has 2 rings (SSSR count). The van der Waals surface area contributed by atoms with Crippen LogP contribution in [0.25, 0.3) is 0 Å². The van der Waals surface area contributed by atoms with Gasteiger partial charge >= 0.3 is 0 Å². The maximum atomic E-state index is 5.35. The van der Waals surface area contributed by atoms with Crippen LogP contribution in [0.1, 0.15) is 6.42 Å². The lowest BCUT2D eigenvalue weighted by Crippen LogP contribution is -2.35. The van der Waals surface area contributed by atoms with Gasteiger partial charge in [-0.05, 0) is 0 Å². The second kappa shape index (κ2) is 1.81. The number of ether oxygens (including phenoxy) is 2. The van der Waals surface area contributed by atoms with E-state index in [1.807, 2.05) is 0 Å². The van der Waals surface area contributed by atoms with Gasteiger partial charge in [0.2, 0.25) is 5.79 Å². The molecule has 0 aromatic heterocycles. The van der Waals surface area contributed by atoms with E-state index in [9.17, 15) is 0 Å². The van der Waals surface area contributed by atoms with E-state index in [0.29, 0.717) is 0 Å². The van der Waals surface area contributed by atoms with Gasteiger partial charge in [0, 0.05) is 6.42 Å². The summed E-state index contributed by atoms with van der Waals surface area (Å²) in [4.78, 5) is 0. The van der Waals surface area contributed by atoms with Crippen LogP contribution in [0.4, 0.5) is 0 Å². The summed E-state index contributed by atoms with van der Waals surface area (Å²) < 4.78 is 11.8. The first kappa shape index (κ1) is 5.89. The van der Waals surface area contributed by atoms with E-state index in [2.05, 4.69) is 22.0 Å². The standard InChI is InChI=1S/C6H7BrO2/c7-5-1-2-6(5)8-3-4-9-6/h1H,2-4H2. The highest BCUT2D eigenvalue weighted by Crippen LogP contribution is 2.42. The van der Waals surface area contributed by atoms with Crippen molar-refractivity contribution in [3.05, 3.63) is 10.6 Å². The van der Waals surface area contributed by atoms with Crippen molar-refractivity contribution in [3.8, 4) is 0 Å². The minimum absolute atomic E-state index is 0.347. The molecule has 9 heavy (non-hydrogen) atoms. The van der Waals surface area contributed by atoms with E-state index in [-0.39, 0.29) is 5.79 Å². The quantitative estimate of drug-likeness (QED) is 0.576. The third-order valence-electron chi connectivity index (χ3n) is 1.67. The van der Waals surface area contributed by atoms with Crippen LogP contribution in [0.3, 0.4) is 0 Å². The van der Waals surface area contributed by atoms with Crippen molar-refractivity contribution < 1.29 is 9.47 Å². The first-order valence-corrected chi connectivity index (χ1v) is 3.77. The Labute approximate surface area is 62.0 Å². The van der Waals surface area contributed by atoms with Crippen LogP contribution < -0.4 is 0 Å². The molecule has 0 unspecified atom stereocenters. The van der Waals surface area contributed by atoms with Crippen molar-refractivity contribution in [1.82, 2.24) is 0 Å². The summed E-state index contributed by atoms with van der Waals surface area (Å²) in [6, 6.07) is 0. The maximum absolute atomic E-state index is 5.35. The molecule has 2 aliphatic rings. The fourth-order valence-electron chi connectivity index (χ4n) is 1.06. The molecule has 1 aliphatic carbocycles. The van der Waals surface area contributed by atoms with Crippen LogP contribution in [0.15, 0.2) is 10.6 Å². The smallest absolute Gasteiger partial charge is 0.204 e. The molecule has 1 saturated heterocycles. The summed E-state index contributed by atoms with van der Waals surface area (Å²) >= 11 is 3.36. The lowest BCUT2D eigenvalue weighted by molar-refractivity contribution is -0.128. The van der Waals surface area contributed by atoms with Crippen LogP contribution >= 0.6 is 15.9 Å². The molecule has 1 spiro atoms. The van der Waals surface area contributed by atoms with Gasteiger partial charge in [0.05, 0.1) is 17.7 Å². The molecule has 0 aromatic rings. The highest BCUT2D eigenvalue weighted by molar-refractivity contribution is 9.11. The monoisotopic (exact) mass is 190 g/mol. The van der Waals surface area contributed by atoms with Gasteiger partial charge in [0.15, 0.2) is 0 Å². The molecule has 0 N–H and O–H groups in total. The second-order valence-corrected chi connectivity index (χ2v) is 3.06. The fourth-order valence-corrected chi connectivity index (χ4v) is 1.61. The fraction of sp³-hybridized carbons (Fsp3) is 0.667. The van der Waals surface area contributed by atoms with Crippen LogP contribution in [0.2, 0.25) is 0 Å². The molecular formula is C6H7BrO2. The van der Waals surface area contributed by atoms with E-state index in [0.717, 1.165) is 24.1 Å². The molecule has 2 nitrogen and oxygen atoms in total. The highest BCUT2D eigenvalue weighted by Gasteiger charge is 2.44. The van der Waals surface area contributed by atoms with Crippen molar-refractivity contribution in [2.75, 3.05) is 13.2 Å². The summed E-state index contributed by atoms with van der Waals surface area (Å²) in [5.41, 5.74) is 0. The summed E-state index contributed by atoms with van der Waals surface area (Å²) in [6.45, 7) is 1.45. The Morgan fingerprint density at radius 3 is 2.33 bits per heavy atom. The first-order valence-electron chi connectivity index (χ1n) is 2.98. The average molecular weight is 191 g/mol. The van der Waals surface area contributed by atoms with E-state index in [1.165, 1.54) is 0 Å². The van der Waals surface area contributed by atoms with Crippen LogP contribution in [-0.4, -0.2) is 19.0 Å². The number of hydrogen-bond donors (Lipinski definition) is 0. The van der Waals surface area contributed by atoms with Crippen molar-refractivity contribution >= 4 is 15.9 Å². The minimum atomic E-state index is -0.347. The zero-order valence-electron chi connectivity index (χ0n) is 4.89. The Bertz CT molecular complexity index is 158. The van der Waals surface area contributed by atoms with Gasteiger partial charge in [-0.15, -0.1) is 0 Å². The van der Waals surface area contributed by atoms with Gasteiger partial charge < -0.3 is 9.47 Å². The normalized spacial score (nSPS) is 30.1. The third kappa shape index (κ3) is 0.687. The maximum Gasteiger partial charge on any atom is 0.204 e. The molecule has 1 heterocycles. The Balaban J connectivity index is 2.18. The molecule has 0 bridgehead atoms. The predicted octanol–water partition coefficient (Wildman–Crippen LogP) is 1.41. The van der Waals surface area contributed by atoms with Gasteiger partial charge in [-0.25, -0.2) is 0 Å². The zero-order chi connectivity index (χ0) is 6.32. The van der Waals surface area contributed by atoms with Crippen LogP contribution in [0, 0.1) is 0 Å². The minimum Gasteiger partial charge on any atom is -0.343 e. The van der Waals surface area contributed by atoms with E-state index in [4.69, 9.17) is 9.47 Å². The topological polar surface area (TPSA) is 18.5 Å².